The third kappa shape index (κ3) is 2.50. The van der Waals surface area contributed by atoms with Crippen molar-refractivity contribution in [1.29, 1.82) is 0 Å². The molecule has 2 atom stereocenters. The normalized spacial score (nSPS) is 22.3. The van der Waals surface area contributed by atoms with E-state index in [-0.39, 0.29) is 24.8 Å². The summed E-state index contributed by atoms with van der Waals surface area (Å²) in [7, 11) is 0. The predicted molar refractivity (Wildman–Crippen MR) is 87.8 cm³/mol. The second kappa shape index (κ2) is 5.96. The molecule has 120 valence electrons. The van der Waals surface area contributed by atoms with Gasteiger partial charge in [0.2, 0.25) is 0 Å². The second-order valence-electron chi connectivity index (χ2n) is 5.90. The number of hydrogen-bond donors (Lipinski definition) is 0. The predicted octanol–water partition coefficient (Wildman–Crippen LogP) is 3.08. The molecule has 4 nitrogen and oxygen atoms in total. The minimum atomic E-state index is -0.629. The number of cyclic esters (lactones) is 1. The first-order chi connectivity index (χ1) is 12.2. The van der Waals surface area contributed by atoms with Gasteiger partial charge in [0.25, 0.3) is 0 Å². The fourth-order valence-electron chi connectivity index (χ4n) is 3.24. The summed E-state index contributed by atoms with van der Waals surface area (Å²) in [5.74, 6) is -2.00. The van der Waals surface area contributed by atoms with Crippen LogP contribution in [0.1, 0.15) is 24.0 Å². The molecule has 1 heterocycles. The van der Waals surface area contributed by atoms with E-state index in [1.165, 1.54) is 0 Å². The van der Waals surface area contributed by atoms with Gasteiger partial charge in [-0.2, -0.15) is 0 Å². The molecule has 0 N–H and O–H groups in total. The Kier molecular flexibility index (Phi) is 3.37. The molecule has 0 amide bonds. The lowest BCUT2D eigenvalue weighted by Gasteiger charge is -2.26. The summed E-state index contributed by atoms with van der Waals surface area (Å²) < 4.78 is 18.9. The van der Waals surface area contributed by atoms with Crippen LogP contribution >= 0.6 is 0 Å². The molecule has 0 saturated carbocycles. The molecule has 1 aliphatic carbocycles. The first-order valence-electron chi connectivity index (χ1n) is 8.34. The minimum Gasteiger partial charge on any atom is -0.462 e. The Hall–Kier alpha value is -2.88. The van der Waals surface area contributed by atoms with E-state index >= 15 is 0 Å². The zero-order chi connectivity index (χ0) is 17.4. The van der Waals surface area contributed by atoms with Crippen LogP contribution in [0.15, 0.2) is 60.2 Å². The van der Waals surface area contributed by atoms with E-state index in [1.54, 1.807) is 12.1 Å². The zero-order valence-electron chi connectivity index (χ0n) is 13.9. The number of hydrogen-bond acceptors (Lipinski definition) is 4. The van der Waals surface area contributed by atoms with Crippen LogP contribution in [0.25, 0.3) is 6.05 Å². The van der Waals surface area contributed by atoms with Crippen LogP contribution in [0.5, 0.6) is 0 Å². The van der Waals surface area contributed by atoms with Crippen LogP contribution < -0.4 is 0 Å². The molecule has 2 aromatic carbocycles. The largest absolute Gasteiger partial charge is 0.462 e. The fourth-order valence-corrected chi connectivity index (χ4v) is 3.24. The van der Waals surface area contributed by atoms with Gasteiger partial charge in [0.1, 0.15) is 6.61 Å². The summed E-state index contributed by atoms with van der Waals surface area (Å²) in [5.41, 5.74) is 2.49. The highest BCUT2D eigenvalue weighted by Crippen LogP contribution is 2.42. The number of carbonyl (C=O) groups excluding carboxylic acids is 2. The smallest absolute Gasteiger partial charge is 0.334 e. The third-order valence-electron chi connectivity index (χ3n) is 4.43. The van der Waals surface area contributed by atoms with E-state index in [1.807, 2.05) is 42.5 Å². The third-order valence-corrected chi connectivity index (χ3v) is 4.43. The Bertz CT molecular complexity index is 872. The summed E-state index contributed by atoms with van der Waals surface area (Å²) in [6, 6.07) is 16.8. The highest BCUT2D eigenvalue weighted by molar-refractivity contribution is 6.00. The average Bonchev–Trinajstić information content (AvgIpc) is 3.03. The van der Waals surface area contributed by atoms with E-state index in [9.17, 15) is 9.59 Å². The van der Waals surface area contributed by atoms with Crippen LogP contribution in [0.3, 0.4) is 0 Å². The fraction of sp³-hybridized carbons (Fsp3) is 0.200. The number of benzene rings is 2. The Balaban J connectivity index is 1.66. The van der Waals surface area contributed by atoms with E-state index in [0.29, 0.717) is 5.56 Å². The van der Waals surface area contributed by atoms with Crippen molar-refractivity contribution in [3.8, 4) is 0 Å². The maximum atomic E-state index is 12.8. The summed E-state index contributed by atoms with van der Waals surface area (Å²) >= 11 is 0. The maximum Gasteiger partial charge on any atom is 0.334 e. The Morgan fingerprint density at radius 2 is 1.92 bits per heavy atom. The molecule has 0 spiro atoms. The number of esters is 2. The van der Waals surface area contributed by atoms with Crippen LogP contribution in [-0.2, 0) is 25.7 Å². The number of rotatable bonds is 3. The second-order valence-corrected chi connectivity index (χ2v) is 5.90. The van der Waals surface area contributed by atoms with Crippen LogP contribution in [-0.4, -0.2) is 18.5 Å². The Morgan fingerprint density at radius 3 is 2.75 bits per heavy atom. The molecule has 24 heavy (non-hydrogen) atoms. The number of carbonyl (C=O) groups is 2. The van der Waals surface area contributed by atoms with Gasteiger partial charge in [-0.1, -0.05) is 54.6 Å². The molecular weight excluding hydrogens is 304 g/mol. The van der Waals surface area contributed by atoms with E-state index in [0.717, 1.165) is 11.1 Å². The van der Waals surface area contributed by atoms with Gasteiger partial charge in [0.05, 0.1) is 13.9 Å². The number of ether oxygens (including phenoxy) is 2. The summed E-state index contributed by atoms with van der Waals surface area (Å²) in [5, 5.41) is 0. The van der Waals surface area contributed by atoms with Gasteiger partial charge in [-0.3, -0.25) is 4.79 Å². The average molecular weight is 321 g/mol. The van der Waals surface area contributed by atoms with Gasteiger partial charge in [-0.05, 0) is 22.7 Å². The lowest BCUT2D eigenvalue weighted by Crippen LogP contribution is -2.28. The Morgan fingerprint density at radius 1 is 1.17 bits per heavy atom. The molecule has 4 rings (SSSR count). The first-order valence-corrected chi connectivity index (χ1v) is 7.84. The molecule has 0 unspecified atom stereocenters. The van der Waals surface area contributed by atoms with Crippen molar-refractivity contribution in [3.05, 3.63) is 76.9 Å². The van der Waals surface area contributed by atoms with Crippen molar-refractivity contribution in [2.75, 3.05) is 6.61 Å². The monoisotopic (exact) mass is 321 g/mol. The van der Waals surface area contributed by atoms with E-state index < -0.39 is 23.8 Å². The SMILES string of the molecule is [2H]C1=C2C(=O)OC[C@H]2[C@H](C(=O)OCc2ccccc2)c2ccccc21. The molecule has 1 saturated heterocycles. The lowest BCUT2D eigenvalue weighted by molar-refractivity contribution is -0.148. The van der Waals surface area contributed by atoms with Gasteiger partial charge >= 0.3 is 11.9 Å². The molecule has 0 aromatic heterocycles. The van der Waals surface area contributed by atoms with Crippen molar-refractivity contribution >= 4 is 18.0 Å². The molecule has 0 radical (unpaired) electrons. The highest BCUT2D eigenvalue weighted by atomic mass is 16.5. The summed E-state index contributed by atoms with van der Waals surface area (Å²) in [6.07, 6.45) is 0. The minimum absolute atomic E-state index is 0.107. The molecule has 1 aliphatic heterocycles. The van der Waals surface area contributed by atoms with Crippen molar-refractivity contribution in [2.24, 2.45) is 5.92 Å². The van der Waals surface area contributed by atoms with Crippen molar-refractivity contribution in [2.45, 2.75) is 12.5 Å². The van der Waals surface area contributed by atoms with E-state index in [2.05, 4.69) is 0 Å². The standard InChI is InChI=1S/C20H16O4/c21-19-16-10-14-8-4-5-9-15(14)18(17(16)12-24-19)20(22)23-11-13-6-2-1-3-7-13/h1-10,17-18H,11-12H2/t17-,18-/m1/s1/i10D. The molecule has 1 fully saturated rings. The zero-order valence-corrected chi connectivity index (χ0v) is 12.9. The van der Waals surface area contributed by atoms with Crippen molar-refractivity contribution in [3.63, 3.8) is 0 Å². The molecular formula is C20H16O4. The highest BCUT2D eigenvalue weighted by Gasteiger charge is 2.44. The lowest BCUT2D eigenvalue weighted by atomic mass is 9.76. The van der Waals surface area contributed by atoms with Gasteiger partial charge in [-0.25, -0.2) is 4.79 Å². The van der Waals surface area contributed by atoms with Crippen LogP contribution in [0.2, 0.25) is 0 Å². The maximum absolute atomic E-state index is 12.8. The summed E-state index contributed by atoms with van der Waals surface area (Å²) in [6.45, 7) is 0.280. The molecule has 0 bridgehead atoms. The Labute approximate surface area is 141 Å². The van der Waals surface area contributed by atoms with Gasteiger partial charge in [0.15, 0.2) is 0 Å². The first kappa shape index (κ1) is 13.5. The molecule has 2 aromatic rings. The van der Waals surface area contributed by atoms with Crippen molar-refractivity contribution in [1.82, 2.24) is 0 Å². The van der Waals surface area contributed by atoms with Crippen LogP contribution in [0.4, 0.5) is 0 Å². The van der Waals surface area contributed by atoms with Crippen molar-refractivity contribution < 1.29 is 20.4 Å². The van der Waals surface area contributed by atoms with Gasteiger partial charge in [0, 0.05) is 11.5 Å². The summed E-state index contributed by atoms with van der Waals surface area (Å²) in [4.78, 5) is 24.8. The van der Waals surface area contributed by atoms with Gasteiger partial charge in [-0.15, -0.1) is 0 Å². The quantitative estimate of drug-likeness (QED) is 0.815. The number of fused-ring (bicyclic) bond motifs is 2. The topological polar surface area (TPSA) is 52.6 Å². The van der Waals surface area contributed by atoms with E-state index in [4.69, 9.17) is 10.8 Å². The molecule has 2 aliphatic rings. The van der Waals surface area contributed by atoms with Gasteiger partial charge < -0.3 is 9.47 Å². The van der Waals surface area contributed by atoms with Crippen LogP contribution in [0, 0.1) is 5.92 Å². The molecule has 4 heteroatoms.